The molecule has 24 heavy (non-hydrogen) atoms. The van der Waals surface area contributed by atoms with Gasteiger partial charge in [-0.05, 0) is 24.0 Å². The number of rotatable bonds is 4. The van der Waals surface area contributed by atoms with Gasteiger partial charge in [-0.1, -0.05) is 23.9 Å². The van der Waals surface area contributed by atoms with Gasteiger partial charge in [-0.25, -0.2) is 9.97 Å². The molecular weight excluding hydrogens is 324 g/mol. The Morgan fingerprint density at radius 2 is 2.00 bits per heavy atom. The minimum Gasteiger partial charge on any atom is -0.497 e. The number of nitrogens with zero attached hydrogens (tertiary/aromatic N) is 4. The lowest BCUT2D eigenvalue weighted by Gasteiger charge is -2.21. The molecule has 126 valence electrons. The fourth-order valence-electron chi connectivity index (χ4n) is 2.65. The highest BCUT2D eigenvalue weighted by atomic mass is 32.2. The van der Waals surface area contributed by atoms with Crippen LogP contribution in [0.3, 0.4) is 0 Å². The molecule has 3 rings (SSSR count). The Bertz CT molecular complexity index is 736. The molecule has 0 bridgehead atoms. The van der Waals surface area contributed by atoms with Gasteiger partial charge in [-0.2, -0.15) is 0 Å². The zero-order chi connectivity index (χ0) is 17.1. The van der Waals surface area contributed by atoms with E-state index in [0.717, 1.165) is 17.9 Å². The van der Waals surface area contributed by atoms with Crippen molar-refractivity contribution in [3.05, 3.63) is 41.6 Å². The summed E-state index contributed by atoms with van der Waals surface area (Å²) in [5, 5.41) is 0.678. The lowest BCUT2D eigenvalue weighted by molar-refractivity contribution is 0.0754. The zero-order valence-corrected chi connectivity index (χ0v) is 14.8. The SMILES string of the molecule is COc1ccc(CN2CCN(C)c3nc(SC)ncc3C2=O)cc1. The molecule has 7 heteroatoms. The van der Waals surface area contributed by atoms with Crippen LogP contribution < -0.4 is 9.64 Å². The molecule has 0 spiro atoms. The van der Waals surface area contributed by atoms with Crippen molar-refractivity contribution in [1.82, 2.24) is 14.9 Å². The van der Waals surface area contributed by atoms with Gasteiger partial charge in [0.15, 0.2) is 5.16 Å². The Morgan fingerprint density at radius 1 is 1.25 bits per heavy atom. The van der Waals surface area contributed by atoms with E-state index in [0.29, 0.717) is 29.6 Å². The molecule has 1 amide bonds. The number of benzene rings is 1. The van der Waals surface area contributed by atoms with Gasteiger partial charge in [0.05, 0.1) is 7.11 Å². The summed E-state index contributed by atoms with van der Waals surface area (Å²) in [7, 11) is 3.60. The van der Waals surface area contributed by atoms with Crippen LogP contribution in [-0.4, -0.2) is 54.3 Å². The predicted molar refractivity (Wildman–Crippen MR) is 94.8 cm³/mol. The van der Waals surface area contributed by atoms with E-state index in [1.54, 1.807) is 13.3 Å². The summed E-state index contributed by atoms with van der Waals surface area (Å²) in [4.78, 5) is 25.5. The summed E-state index contributed by atoms with van der Waals surface area (Å²) in [6.45, 7) is 1.94. The van der Waals surface area contributed by atoms with Gasteiger partial charge in [0.1, 0.15) is 17.1 Å². The van der Waals surface area contributed by atoms with E-state index in [-0.39, 0.29) is 5.91 Å². The Balaban J connectivity index is 1.86. The number of methoxy groups -OCH3 is 1. The Labute approximate surface area is 145 Å². The van der Waals surface area contributed by atoms with E-state index in [1.807, 2.05) is 47.4 Å². The third-order valence-electron chi connectivity index (χ3n) is 4.05. The monoisotopic (exact) mass is 344 g/mol. The number of fused-ring (bicyclic) bond motifs is 1. The maximum Gasteiger partial charge on any atom is 0.259 e. The van der Waals surface area contributed by atoms with Crippen molar-refractivity contribution in [2.24, 2.45) is 0 Å². The van der Waals surface area contributed by atoms with Crippen molar-refractivity contribution in [1.29, 1.82) is 0 Å². The highest BCUT2D eigenvalue weighted by Gasteiger charge is 2.26. The first-order valence-corrected chi connectivity index (χ1v) is 8.89. The standard InChI is InChI=1S/C17H20N4O2S/c1-20-8-9-21(11-12-4-6-13(23-2)7-5-12)16(22)14-10-18-17(24-3)19-15(14)20/h4-7,10H,8-9,11H2,1-3H3. The molecule has 0 N–H and O–H groups in total. The van der Waals surface area contributed by atoms with Crippen LogP contribution in [0.15, 0.2) is 35.6 Å². The average molecular weight is 344 g/mol. The fourth-order valence-corrected chi connectivity index (χ4v) is 2.98. The normalized spacial score (nSPS) is 14.4. The van der Waals surface area contributed by atoms with E-state index in [4.69, 9.17) is 4.74 Å². The molecular formula is C17H20N4O2S. The van der Waals surface area contributed by atoms with Gasteiger partial charge in [0.25, 0.3) is 5.91 Å². The van der Waals surface area contributed by atoms with Crippen LogP contribution in [-0.2, 0) is 6.54 Å². The van der Waals surface area contributed by atoms with Crippen molar-refractivity contribution >= 4 is 23.5 Å². The van der Waals surface area contributed by atoms with Crippen molar-refractivity contribution in [3.8, 4) is 5.75 Å². The smallest absolute Gasteiger partial charge is 0.259 e. The molecule has 1 aromatic carbocycles. The van der Waals surface area contributed by atoms with Crippen molar-refractivity contribution in [3.63, 3.8) is 0 Å². The minimum absolute atomic E-state index is 0.0298. The van der Waals surface area contributed by atoms with Gasteiger partial charge < -0.3 is 14.5 Å². The molecule has 0 fully saturated rings. The number of likely N-dealkylation sites (N-methyl/N-ethyl adjacent to an activating group) is 1. The average Bonchev–Trinajstić information content (AvgIpc) is 2.74. The maximum atomic E-state index is 12.9. The summed E-state index contributed by atoms with van der Waals surface area (Å²) in [5.74, 6) is 1.48. The van der Waals surface area contributed by atoms with Gasteiger partial charge in [-0.3, -0.25) is 4.79 Å². The molecule has 1 aromatic heterocycles. The molecule has 2 heterocycles. The predicted octanol–water partition coefficient (Wildman–Crippen LogP) is 2.30. The molecule has 1 aliphatic rings. The van der Waals surface area contributed by atoms with E-state index in [2.05, 4.69) is 9.97 Å². The maximum absolute atomic E-state index is 12.9. The third-order valence-corrected chi connectivity index (χ3v) is 4.61. The summed E-state index contributed by atoms with van der Waals surface area (Å²) >= 11 is 1.47. The molecule has 0 saturated heterocycles. The second-order valence-corrected chi connectivity index (χ2v) is 6.36. The third kappa shape index (κ3) is 3.31. The highest BCUT2D eigenvalue weighted by Crippen LogP contribution is 2.24. The number of thioether (sulfide) groups is 1. The van der Waals surface area contributed by atoms with E-state index >= 15 is 0 Å². The number of hydrogen-bond acceptors (Lipinski definition) is 6. The van der Waals surface area contributed by atoms with Gasteiger partial charge in [0, 0.05) is 32.9 Å². The van der Waals surface area contributed by atoms with Crippen molar-refractivity contribution < 1.29 is 9.53 Å². The van der Waals surface area contributed by atoms with Gasteiger partial charge in [-0.15, -0.1) is 0 Å². The Kier molecular flexibility index (Phi) is 4.89. The summed E-state index contributed by atoms with van der Waals surface area (Å²) < 4.78 is 5.18. The van der Waals surface area contributed by atoms with Crippen LogP contribution in [0.4, 0.5) is 5.82 Å². The summed E-state index contributed by atoms with van der Waals surface area (Å²) in [6.07, 6.45) is 3.57. The van der Waals surface area contributed by atoms with Crippen LogP contribution >= 0.6 is 11.8 Å². The first-order valence-electron chi connectivity index (χ1n) is 7.66. The molecule has 0 aliphatic carbocycles. The number of aromatic nitrogens is 2. The van der Waals surface area contributed by atoms with E-state index < -0.39 is 0 Å². The topological polar surface area (TPSA) is 58.6 Å². The first-order chi connectivity index (χ1) is 11.6. The van der Waals surface area contributed by atoms with Crippen LogP contribution in [0.1, 0.15) is 15.9 Å². The molecule has 0 atom stereocenters. The number of anilines is 1. The van der Waals surface area contributed by atoms with Crippen LogP contribution in [0.5, 0.6) is 5.75 Å². The second-order valence-electron chi connectivity index (χ2n) is 5.59. The van der Waals surface area contributed by atoms with E-state index in [1.165, 1.54) is 11.8 Å². The number of hydrogen-bond donors (Lipinski definition) is 0. The highest BCUT2D eigenvalue weighted by molar-refractivity contribution is 7.98. The summed E-state index contributed by atoms with van der Waals surface area (Å²) in [5.41, 5.74) is 1.62. The number of ether oxygens (including phenoxy) is 1. The minimum atomic E-state index is -0.0298. The Morgan fingerprint density at radius 3 is 2.67 bits per heavy atom. The lowest BCUT2D eigenvalue weighted by atomic mass is 10.2. The first kappa shape index (κ1) is 16.6. The molecule has 1 aliphatic heterocycles. The fraction of sp³-hybridized carbons (Fsp3) is 0.353. The van der Waals surface area contributed by atoms with Crippen LogP contribution in [0.25, 0.3) is 0 Å². The lowest BCUT2D eigenvalue weighted by Crippen LogP contribution is -2.33. The Hall–Kier alpha value is -2.28. The molecule has 0 radical (unpaired) electrons. The number of carbonyl (C=O) groups is 1. The van der Waals surface area contributed by atoms with E-state index in [9.17, 15) is 4.79 Å². The number of carbonyl (C=O) groups excluding carboxylic acids is 1. The molecule has 6 nitrogen and oxygen atoms in total. The van der Waals surface area contributed by atoms with Crippen molar-refractivity contribution in [2.45, 2.75) is 11.7 Å². The molecule has 0 saturated carbocycles. The zero-order valence-electron chi connectivity index (χ0n) is 14.0. The van der Waals surface area contributed by atoms with Crippen LogP contribution in [0.2, 0.25) is 0 Å². The largest absolute Gasteiger partial charge is 0.497 e. The second kappa shape index (κ2) is 7.09. The van der Waals surface area contributed by atoms with Crippen molar-refractivity contribution in [2.75, 3.05) is 38.4 Å². The molecule has 2 aromatic rings. The summed E-state index contributed by atoms with van der Waals surface area (Å²) in [6, 6.07) is 7.78. The quantitative estimate of drug-likeness (QED) is 0.627. The number of amides is 1. The van der Waals surface area contributed by atoms with Crippen LogP contribution in [0, 0.1) is 0 Å². The van der Waals surface area contributed by atoms with Gasteiger partial charge >= 0.3 is 0 Å². The van der Waals surface area contributed by atoms with Gasteiger partial charge in [0.2, 0.25) is 0 Å². The molecule has 0 unspecified atom stereocenters.